The zero-order valence-corrected chi connectivity index (χ0v) is 12.4. The fourth-order valence-electron chi connectivity index (χ4n) is 2.00. The van der Waals surface area contributed by atoms with E-state index in [1.165, 1.54) is 17.9 Å². The van der Waals surface area contributed by atoms with Crippen molar-refractivity contribution in [1.29, 1.82) is 0 Å². The first kappa shape index (κ1) is 17.3. The maximum Gasteiger partial charge on any atom is 0.435 e. The third-order valence-corrected chi connectivity index (χ3v) is 3.13. The smallest absolute Gasteiger partial charge is 0.331 e. The van der Waals surface area contributed by atoms with Gasteiger partial charge in [-0.1, -0.05) is 6.08 Å². The normalized spacial score (nSPS) is 18.2. The van der Waals surface area contributed by atoms with E-state index < -0.39 is 11.9 Å². The van der Waals surface area contributed by atoms with E-state index in [-0.39, 0.29) is 12.1 Å². The second kappa shape index (κ2) is 7.33. The number of hydrazone groups is 1. The number of hydrogen-bond acceptors (Lipinski definition) is 3. The van der Waals surface area contributed by atoms with E-state index in [0.29, 0.717) is 25.9 Å². The summed E-state index contributed by atoms with van der Waals surface area (Å²) in [5.74, 6) is 0. The van der Waals surface area contributed by atoms with Crippen LogP contribution in [0.3, 0.4) is 0 Å². The number of likely N-dealkylation sites (tertiary alicyclic amines) is 1. The van der Waals surface area contributed by atoms with Crippen molar-refractivity contribution in [3.8, 4) is 0 Å². The van der Waals surface area contributed by atoms with Crippen LogP contribution in [-0.2, 0) is 0 Å². The number of allylic oxidation sites excluding steroid dienone is 2. The Morgan fingerprint density at radius 1 is 1.33 bits per heavy atom. The molecular weight excluding hydrogens is 285 g/mol. The highest BCUT2D eigenvalue weighted by atomic mass is 19.4. The second-order valence-corrected chi connectivity index (χ2v) is 5.06. The Hall–Kier alpha value is -1.73. The molecule has 1 rings (SSSR count). The lowest BCUT2D eigenvalue weighted by atomic mass is 10.1. The molecule has 1 aliphatic rings. The molecule has 0 bridgehead atoms. The maximum absolute atomic E-state index is 12.6. The zero-order chi connectivity index (χ0) is 16.0. The van der Waals surface area contributed by atoms with Crippen LogP contribution in [0.4, 0.5) is 18.0 Å². The fourth-order valence-corrected chi connectivity index (χ4v) is 2.00. The molecule has 0 aromatic carbocycles. The summed E-state index contributed by atoms with van der Waals surface area (Å²) in [6, 6.07) is -0.235. The molecule has 0 spiro atoms. The van der Waals surface area contributed by atoms with Gasteiger partial charge in [-0.15, -0.1) is 0 Å². The molecule has 0 aromatic heterocycles. The minimum Gasteiger partial charge on any atom is -0.331 e. The van der Waals surface area contributed by atoms with Gasteiger partial charge < -0.3 is 15.2 Å². The van der Waals surface area contributed by atoms with Crippen LogP contribution in [0.15, 0.2) is 17.3 Å². The van der Waals surface area contributed by atoms with Crippen LogP contribution in [0.2, 0.25) is 0 Å². The Balaban J connectivity index is 2.54. The van der Waals surface area contributed by atoms with E-state index in [0.717, 1.165) is 6.08 Å². The minimum absolute atomic E-state index is 0.0816. The Bertz CT molecular complexity index is 410. The van der Waals surface area contributed by atoms with Crippen molar-refractivity contribution < 1.29 is 18.0 Å². The Kier molecular flexibility index (Phi) is 6.04. The third kappa shape index (κ3) is 5.28. The highest BCUT2D eigenvalue weighted by Gasteiger charge is 2.34. The van der Waals surface area contributed by atoms with E-state index >= 15 is 0 Å². The first-order valence-electron chi connectivity index (χ1n) is 6.75. The van der Waals surface area contributed by atoms with Crippen molar-refractivity contribution in [2.75, 3.05) is 27.2 Å². The molecule has 0 unspecified atom stereocenters. The minimum atomic E-state index is -4.47. The molecule has 120 valence electrons. The number of carbonyl (C=O) groups is 1. The largest absolute Gasteiger partial charge is 0.435 e. The maximum atomic E-state index is 12.6. The SMILES string of the molecule is C/C=C/C(=N\NC1CCN(C(=O)N(C)C)CC1)C(F)(F)F. The molecule has 0 atom stereocenters. The van der Waals surface area contributed by atoms with Gasteiger partial charge in [0.15, 0.2) is 5.71 Å². The molecule has 21 heavy (non-hydrogen) atoms. The first-order chi connectivity index (χ1) is 9.75. The average molecular weight is 306 g/mol. The van der Waals surface area contributed by atoms with Gasteiger partial charge in [0.05, 0.1) is 0 Å². The second-order valence-electron chi connectivity index (χ2n) is 5.06. The van der Waals surface area contributed by atoms with Gasteiger partial charge in [0.25, 0.3) is 0 Å². The van der Waals surface area contributed by atoms with Crippen molar-refractivity contribution in [3.05, 3.63) is 12.2 Å². The molecule has 1 N–H and O–H groups in total. The molecule has 0 aliphatic carbocycles. The van der Waals surface area contributed by atoms with E-state index in [9.17, 15) is 18.0 Å². The highest BCUT2D eigenvalue weighted by Crippen LogP contribution is 2.18. The zero-order valence-electron chi connectivity index (χ0n) is 12.4. The molecule has 1 heterocycles. The van der Waals surface area contributed by atoms with E-state index in [4.69, 9.17) is 0 Å². The number of halogens is 3. The number of urea groups is 1. The van der Waals surface area contributed by atoms with E-state index in [2.05, 4.69) is 10.5 Å². The van der Waals surface area contributed by atoms with Crippen molar-refractivity contribution in [1.82, 2.24) is 15.2 Å². The monoisotopic (exact) mass is 306 g/mol. The average Bonchev–Trinajstić information content (AvgIpc) is 2.42. The van der Waals surface area contributed by atoms with E-state index in [1.807, 2.05) is 0 Å². The summed E-state index contributed by atoms with van der Waals surface area (Å²) in [6.45, 7) is 2.52. The predicted octanol–water partition coefficient (Wildman–Crippen LogP) is 2.22. The van der Waals surface area contributed by atoms with Gasteiger partial charge in [0, 0.05) is 33.2 Å². The lowest BCUT2D eigenvalue weighted by molar-refractivity contribution is -0.0582. The molecule has 8 heteroatoms. The van der Waals surface area contributed by atoms with Crippen LogP contribution >= 0.6 is 0 Å². The van der Waals surface area contributed by atoms with Crippen LogP contribution in [0.1, 0.15) is 19.8 Å². The third-order valence-electron chi connectivity index (χ3n) is 3.13. The predicted molar refractivity (Wildman–Crippen MR) is 75.1 cm³/mol. The van der Waals surface area contributed by atoms with E-state index in [1.54, 1.807) is 19.0 Å². The Morgan fingerprint density at radius 2 is 1.90 bits per heavy atom. The number of alkyl halides is 3. The number of carbonyl (C=O) groups excluding carboxylic acids is 1. The molecular formula is C13H21F3N4O. The molecule has 0 aromatic rings. The summed E-state index contributed by atoms with van der Waals surface area (Å²) >= 11 is 0. The number of nitrogens with one attached hydrogen (secondary N) is 1. The Morgan fingerprint density at radius 3 is 2.33 bits per heavy atom. The first-order valence-corrected chi connectivity index (χ1v) is 6.75. The van der Waals surface area contributed by atoms with Crippen LogP contribution in [0, 0.1) is 0 Å². The van der Waals surface area contributed by atoms with Crippen LogP contribution in [-0.4, -0.2) is 60.9 Å². The lowest BCUT2D eigenvalue weighted by Crippen LogP contribution is -2.47. The molecule has 1 saturated heterocycles. The standard InChI is InChI=1S/C13H21F3N4O/c1-4-5-11(13(14,15)16)18-17-10-6-8-20(9-7-10)12(21)19(2)3/h4-5,10,17H,6-9H2,1-3H3/b5-4+,18-11+. The number of nitrogens with zero attached hydrogens (tertiary/aromatic N) is 3. The number of hydrogen-bond donors (Lipinski definition) is 1. The van der Waals surface area contributed by atoms with Gasteiger partial charge in [-0.3, -0.25) is 0 Å². The van der Waals surface area contributed by atoms with Gasteiger partial charge in [0.1, 0.15) is 0 Å². The van der Waals surface area contributed by atoms with Gasteiger partial charge >= 0.3 is 12.2 Å². The van der Waals surface area contributed by atoms with Crippen molar-refractivity contribution in [2.24, 2.45) is 5.10 Å². The lowest BCUT2D eigenvalue weighted by Gasteiger charge is -2.33. The molecule has 5 nitrogen and oxygen atoms in total. The van der Waals surface area contributed by atoms with Crippen molar-refractivity contribution in [2.45, 2.75) is 32.0 Å². The van der Waals surface area contributed by atoms with Crippen LogP contribution in [0.5, 0.6) is 0 Å². The Labute approximate surface area is 122 Å². The fraction of sp³-hybridized carbons (Fsp3) is 0.692. The molecule has 2 amide bonds. The summed E-state index contributed by atoms with van der Waals surface area (Å²) in [6.07, 6.45) is -1.10. The van der Waals surface area contributed by atoms with Crippen LogP contribution < -0.4 is 5.43 Å². The van der Waals surface area contributed by atoms with Crippen molar-refractivity contribution >= 4 is 11.7 Å². The molecule has 0 saturated carbocycles. The van der Waals surface area contributed by atoms with Gasteiger partial charge in [0.2, 0.25) is 0 Å². The van der Waals surface area contributed by atoms with Crippen molar-refractivity contribution in [3.63, 3.8) is 0 Å². The number of rotatable bonds is 3. The molecule has 0 radical (unpaired) electrons. The highest BCUT2D eigenvalue weighted by molar-refractivity contribution is 5.99. The van der Waals surface area contributed by atoms with Gasteiger partial charge in [-0.2, -0.15) is 18.3 Å². The van der Waals surface area contributed by atoms with Gasteiger partial charge in [-0.25, -0.2) is 4.79 Å². The quantitative estimate of drug-likeness (QED) is 0.642. The number of amides is 2. The summed E-state index contributed by atoms with van der Waals surface area (Å²) in [4.78, 5) is 14.9. The molecule has 1 aliphatic heterocycles. The van der Waals surface area contributed by atoms with Gasteiger partial charge in [-0.05, 0) is 25.8 Å². The topological polar surface area (TPSA) is 47.9 Å². The summed E-state index contributed by atoms with van der Waals surface area (Å²) in [5, 5.41) is 3.45. The number of piperidine rings is 1. The molecule has 1 fully saturated rings. The summed E-state index contributed by atoms with van der Waals surface area (Å²) in [7, 11) is 3.34. The summed E-state index contributed by atoms with van der Waals surface area (Å²) in [5.41, 5.74) is 1.62. The van der Waals surface area contributed by atoms with Crippen LogP contribution in [0.25, 0.3) is 0 Å². The summed E-state index contributed by atoms with van der Waals surface area (Å²) < 4.78 is 37.9.